The minimum Gasteiger partial charge on any atom is -0.252 e. The van der Waals surface area contributed by atoms with Gasteiger partial charge in [0, 0.05) is 92.6 Å². The normalized spacial score (nSPS) is 11.7. The Bertz CT molecular complexity index is 7030. The SMILES string of the molecule is Brc1ccc(-c2nc(-c3cc(-c4ccccc4)cc(-c4ccccc4)c3)c3ncccc3n2)cc1.Brc1ccc(-c2nc(-c3ccc4ccccc4c3)c3ncccc3n2)cc1.Brc1cccc(-c2nc(-c3ccccc3)c3ncccc3n2)c1.CC1(C)c2ccccc2-c2ccc(-c3nc(-c4ccc(Br)cc4)nc4cccnc34)cc21. The van der Waals surface area contributed by atoms with Gasteiger partial charge >= 0.3 is 0 Å². The number of fused-ring (bicyclic) bond motifs is 8. The predicted octanol–water partition coefficient (Wildman–Crippen LogP) is 27.3. The highest BCUT2D eigenvalue weighted by Crippen LogP contribution is 2.50. The van der Waals surface area contributed by atoms with E-state index in [1.807, 2.05) is 194 Å². The molecule has 0 aliphatic heterocycles. The van der Waals surface area contributed by atoms with E-state index in [2.05, 4.69) is 254 Å². The molecule has 0 bridgehead atoms. The molecule has 0 saturated carbocycles. The molecule has 0 radical (unpaired) electrons. The van der Waals surface area contributed by atoms with Crippen molar-refractivity contribution in [2.24, 2.45) is 0 Å². The molecule has 117 heavy (non-hydrogen) atoms. The Labute approximate surface area is 709 Å². The summed E-state index contributed by atoms with van der Waals surface area (Å²) in [6.45, 7) is 4.59. The minimum atomic E-state index is -0.0628. The number of pyridine rings is 4. The van der Waals surface area contributed by atoms with E-state index >= 15 is 0 Å². The lowest BCUT2D eigenvalue weighted by atomic mass is 9.82. The number of aromatic nitrogens is 12. The van der Waals surface area contributed by atoms with Crippen molar-refractivity contribution < 1.29 is 0 Å². The summed E-state index contributed by atoms with van der Waals surface area (Å²) in [6.07, 6.45) is 7.17. The Kier molecular flexibility index (Phi) is 21.4. The topological polar surface area (TPSA) is 155 Å². The van der Waals surface area contributed by atoms with Crippen LogP contribution in [0, 0.1) is 0 Å². The van der Waals surface area contributed by atoms with Crippen LogP contribution in [0.5, 0.6) is 0 Å². The second-order valence-corrected chi connectivity index (χ2v) is 32.2. The number of halogens is 4. The fourth-order valence-corrected chi connectivity index (χ4v) is 16.0. The summed E-state index contributed by atoms with van der Waals surface area (Å²) in [4.78, 5) is 57.1. The molecule has 12 aromatic carbocycles. The van der Waals surface area contributed by atoms with Crippen molar-refractivity contribution in [1.82, 2.24) is 59.8 Å². The van der Waals surface area contributed by atoms with Crippen LogP contribution in [0.2, 0.25) is 0 Å². The Morgan fingerprint density at radius 3 is 1.02 bits per heavy atom. The highest BCUT2D eigenvalue weighted by Gasteiger charge is 2.36. The molecule has 0 atom stereocenters. The quantitative estimate of drug-likeness (QED) is 0.128. The molecule has 1 aliphatic carbocycles. The molecule has 8 aromatic heterocycles. The highest BCUT2D eigenvalue weighted by atomic mass is 79.9. The standard InChI is InChI=1S/C31H20BrN3.C28H20BrN3.C23H14BrN3.C19H12BrN3/c32-27-15-13-23(14-16-27)31-34-28-12-7-17-33-30(28)29(35-31)26-19-24(21-8-3-1-4-9-21)18-25(20-26)22-10-5-2-6-11-22;1-28(2)22-7-4-3-6-20(22)21-14-11-18(16-23(21)28)25-26-24(8-5-15-30-26)31-27(32-25)17-9-12-19(29)13-10-17;24-19-11-9-16(10-12-19)23-26-20-6-3-13-25-22(20)21(27-23)18-8-7-15-4-1-2-5-17(15)14-18;20-15-9-4-8-14(12-15)19-22-16-10-5-11-21-18(16)17(23-19)13-6-2-1-3-7-13/h1-20H;3-16H,1-2H3;1-14H;1-12H. The second-order valence-electron chi connectivity index (χ2n) is 28.5. The summed E-state index contributed by atoms with van der Waals surface area (Å²) < 4.78 is 4.09. The van der Waals surface area contributed by atoms with E-state index in [1.165, 1.54) is 33.0 Å². The Hall–Kier alpha value is -13.2. The molecular weight excluding hydrogens is 1700 g/mol. The van der Waals surface area contributed by atoms with E-state index < -0.39 is 0 Å². The van der Waals surface area contributed by atoms with E-state index in [-0.39, 0.29) is 5.41 Å². The second kappa shape index (κ2) is 33.3. The lowest BCUT2D eigenvalue weighted by Gasteiger charge is -2.22. The third-order valence-electron chi connectivity index (χ3n) is 20.6. The van der Waals surface area contributed by atoms with Crippen LogP contribution in [0.25, 0.3) is 179 Å². The summed E-state index contributed by atoms with van der Waals surface area (Å²) in [7, 11) is 0. The molecule has 558 valence electrons. The van der Waals surface area contributed by atoms with Gasteiger partial charge in [-0.15, -0.1) is 0 Å². The van der Waals surface area contributed by atoms with Gasteiger partial charge in [0.2, 0.25) is 0 Å². The smallest absolute Gasteiger partial charge is 0.160 e. The monoisotopic (exact) mass is 1760 g/mol. The minimum absolute atomic E-state index is 0.0628. The molecule has 0 unspecified atom stereocenters. The number of hydrogen-bond donors (Lipinski definition) is 0. The van der Waals surface area contributed by atoms with Gasteiger partial charge in [-0.05, 0) is 183 Å². The van der Waals surface area contributed by atoms with Crippen LogP contribution < -0.4 is 0 Å². The van der Waals surface area contributed by atoms with Gasteiger partial charge in [0.1, 0.15) is 44.8 Å². The number of hydrogen-bond acceptors (Lipinski definition) is 12. The third-order valence-corrected chi connectivity index (χ3v) is 22.6. The van der Waals surface area contributed by atoms with Gasteiger partial charge in [0.15, 0.2) is 23.3 Å². The fraction of sp³-hybridized carbons (Fsp3) is 0.0297. The largest absolute Gasteiger partial charge is 0.252 e. The first-order valence-corrected chi connectivity index (χ1v) is 41.1. The molecule has 0 spiro atoms. The van der Waals surface area contributed by atoms with Crippen molar-refractivity contribution in [3.8, 4) is 124 Å². The van der Waals surface area contributed by atoms with Gasteiger partial charge < -0.3 is 0 Å². The van der Waals surface area contributed by atoms with Gasteiger partial charge in [0.25, 0.3) is 0 Å². The average Bonchev–Trinajstić information content (AvgIpc) is 1.53. The molecule has 0 N–H and O–H groups in total. The zero-order valence-corrected chi connectivity index (χ0v) is 69.4. The first-order valence-electron chi connectivity index (χ1n) is 38.0. The number of rotatable bonds is 10. The van der Waals surface area contributed by atoms with Crippen molar-refractivity contribution in [1.29, 1.82) is 0 Å². The first-order chi connectivity index (χ1) is 57.3. The molecule has 0 saturated heterocycles. The summed E-state index contributed by atoms with van der Waals surface area (Å²) >= 11 is 14.0. The van der Waals surface area contributed by atoms with Crippen molar-refractivity contribution in [2.75, 3.05) is 0 Å². The van der Waals surface area contributed by atoms with Crippen LogP contribution in [0.4, 0.5) is 0 Å². The summed E-state index contributed by atoms with van der Waals surface area (Å²) in [5.74, 6) is 2.78. The lowest BCUT2D eigenvalue weighted by Crippen LogP contribution is -2.15. The average molecular weight is 1770 g/mol. The van der Waals surface area contributed by atoms with Gasteiger partial charge in [-0.2, -0.15) is 0 Å². The van der Waals surface area contributed by atoms with Crippen molar-refractivity contribution in [3.05, 3.63) is 394 Å². The molecule has 0 fully saturated rings. The maximum absolute atomic E-state index is 5.05. The van der Waals surface area contributed by atoms with E-state index in [1.54, 1.807) is 18.6 Å². The van der Waals surface area contributed by atoms with Gasteiger partial charge in [-0.3, -0.25) is 19.9 Å². The number of nitrogens with zero attached hydrogens (tertiary/aromatic N) is 12. The van der Waals surface area contributed by atoms with Gasteiger partial charge in [-0.25, -0.2) is 39.9 Å². The van der Waals surface area contributed by atoms with Crippen molar-refractivity contribution in [2.45, 2.75) is 19.3 Å². The number of benzene rings is 12. The molecular formula is C101H66Br4N12. The molecule has 8 heterocycles. The van der Waals surface area contributed by atoms with E-state index in [0.29, 0.717) is 23.3 Å². The Balaban J connectivity index is 0.000000109. The van der Waals surface area contributed by atoms with Crippen LogP contribution >= 0.6 is 63.7 Å². The van der Waals surface area contributed by atoms with Gasteiger partial charge in [-0.1, -0.05) is 290 Å². The van der Waals surface area contributed by atoms with Crippen LogP contribution in [-0.2, 0) is 5.41 Å². The predicted molar refractivity (Wildman–Crippen MR) is 490 cm³/mol. The third kappa shape index (κ3) is 16.1. The van der Waals surface area contributed by atoms with Gasteiger partial charge in [0.05, 0.1) is 22.1 Å². The van der Waals surface area contributed by atoms with Crippen LogP contribution in [0.3, 0.4) is 0 Å². The first kappa shape index (κ1) is 75.2. The summed E-state index contributed by atoms with van der Waals surface area (Å²) in [5, 5.41) is 2.39. The van der Waals surface area contributed by atoms with Crippen LogP contribution in [0.15, 0.2) is 382 Å². The molecule has 1 aliphatic rings. The molecule has 16 heteroatoms. The molecule has 12 nitrogen and oxygen atoms in total. The Morgan fingerprint density at radius 2 is 0.556 bits per heavy atom. The molecule has 21 rings (SSSR count). The van der Waals surface area contributed by atoms with E-state index in [4.69, 9.17) is 34.9 Å². The van der Waals surface area contributed by atoms with E-state index in [0.717, 1.165) is 152 Å². The van der Waals surface area contributed by atoms with Crippen LogP contribution in [0.1, 0.15) is 25.0 Å². The molecule has 0 amide bonds. The maximum Gasteiger partial charge on any atom is 0.160 e. The zero-order valence-electron chi connectivity index (χ0n) is 63.0. The van der Waals surface area contributed by atoms with Crippen LogP contribution in [-0.4, -0.2) is 59.8 Å². The summed E-state index contributed by atoms with van der Waals surface area (Å²) in [5.41, 5.74) is 27.9. The molecule has 20 aromatic rings. The zero-order chi connectivity index (χ0) is 79.4. The van der Waals surface area contributed by atoms with E-state index in [9.17, 15) is 0 Å². The maximum atomic E-state index is 5.05. The highest BCUT2D eigenvalue weighted by molar-refractivity contribution is 9.11. The van der Waals surface area contributed by atoms with Crippen molar-refractivity contribution in [3.63, 3.8) is 0 Å². The van der Waals surface area contributed by atoms with Crippen molar-refractivity contribution >= 4 is 119 Å². The fourth-order valence-electron chi connectivity index (χ4n) is 14.8. The lowest BCUT2D eigenvalue weighted by molar-refractivity contribution is 0.660. The Morgan fingerprint density at radius 1 is 0.205 bits per heavy atom. The summed E-state index contributed by atoms with van der Waals surface area (Å²) in [6, 6.07) is 116.